The van der Waals surface area contributed by atoms with E-state index >= 15 is 0 Å². The fraction of sp³-hybridized carbons (Fsp3) is 0.647. The second-order valence-corrected chi connectivity index (χ2v) is 7.77. The molecule has 2 aliphatic heterocycles. The fourth-order valence-electron chi connectivity index (χ4n) is 2.84. The van der Waals surface area contributed by atoms with E-state index in [1.54, 1.807) is 0 Å². The molecule has 2 saturated heterocycles. The van der Waals surface area contributed by atoms with E-state index in [1.807, 2.05) is 18.2 Å². The van der Waals surface area contributed by atoms with Gasteiger partial charge < -0.3 is 19.4 Å². The smallest absolute Gasteiger partial charge is 0.399 e. The molecule has 0 aromatic heterocycles. The van der Waals surface area contributed by atoms with Crippen LogP contribution in [0.15, 0.2) is 18.2 Å². The number of rotatable bonds is 3. The normalized spacial score (nSPS) is 24.0. The van der Waals surface area contributed by atoms with E-state index < -0.39 is 0 Å². The summed E-state index contributed by atoms with van der Waals surface area (Å²) in [5.41, 5.74) is 1.22. The van der Waals surface area contributed by atoms with Crippen LogP contribution in [0, 0.1) is 0 Å². The third kappa shape index (κ3) is 3.53. The molecular formula is C17H25BClNO3. The number of benzene rings is 1. The molecule has 2 aliphatic rings. The van der Waals surface area contributed by atoms with Gasteiger partial charge in [-0.25, -0.2) is 0 Å². The van der Waals surface area contributed by atoms with Gasteiger partial charge in [-0.2, -0.15) is 0 Å². The van der Waals surface area contributed by atoms with Crippen LogP contribution in [0.2, 0.25) is 5.02 Å². The van der Waals surface area contributed by atoms with Gasteiger partial charge in [-0.05, 0) is 58.1 Å². The van der Waals surface area contributed by atoms with Gasteiger partial charge in [0.1, 0.15) is 0 Å². The third-order valence-corrected chi connectivity index (χ3v) is 5.41. The second-order valence-electron chi connectivity index (χ2n) is 7.36. The molecular weight excluding hydrogens is 312 g/mol. The van der Waals surface area contributed by atoms with Crippen molar-refractivity contribution in [3.63, 3.8) is 0 Å². The van der Waals surface area contributed by atoms with E-state index in [1.165, 1.54) is 0 Å². The number of halogens is 1. The van der Waals surface area contributed by atoms with Crippen molar-refractivity contribution < 1.29 is 14.0 Å². The average Bonchev–Trinajstić information content (AvgIpc) is 2.71. The Balaban J connectivity index is 1.72. The van der Waals surface area contributed by atoms with Gasteiger partial charge in [-0.15, -0.1) is 0 Å². The molecule has 6 heteroatoms. The van der Waals surface area contributed by atoms with Gasteiger partial charge in [0.2, 0.25) is 0 Å². The van der Waals surface area contributed by atoms with Gasteiger partial charge in [-0.1, -0.05) is 17.7 Å². The van der Waals surface area contributed by atoms with Crippen LogP contribution < -0.4 is 10.8 Å². The highest BCUT2D eigenvalue weighted by atomic mass is 35.5. The summed E-state index contributed by atoms with van der Waals surface area (Å²) in [4.78, 5) is 0. The van der Waals surface area contributed by atoms with E-state index in [0.717, 1.165) is 37.2 Å². The van der Waals surface area contributed by atoms with Gasteiger partial charge >= 0.3 is 7.12 Å². The molecule has 126 valence electrons. The van der Waals surface area contributed by atoms with Crippen molar-refractivity contribution in [1.29, 1.82) is 0 Å². The maximum absolute atomic E-state index is 6.46. The van der Waals surface area contributed by atoms with Crippen LogP contribution in [0.4, 0.5) is 5.69 Å². The molecule has 0 unspecified atom stereocenters. The summed E-state index contributed by atoms with van der Waals surface area (Å²) in [6.07, 6.45) is 2.02. The Hall–Kier alpha value is -0.745. The molecule has 0 atom stereocenters. The molecule has 0 amide bonds. The average molecular weight is 338 g/mol. The maximum Gasteiger partial charge on any atom is 0.494 e. The van der Waals surface area contributed by atoms with Crippen molar-refractivity contribution in [2.75, 3.05) is 18.5 Å². The summed E-state index contributed by atoms with van der Waals surface area (Å²) in [6, 6.07) is 6.39. The van der Waals surface area contributed by atoms with Gasteiger partial charge in [0.25, 0.3) is 0 Å². The summed E-state index contributed by atoms with van der Waals surface area (Å²) in [5.74, 6) is 0. The summed E-state index contributed by atoms with van der Waals surface area (Å²) >= 11 is 6.46. The first-order valence-corrected chi connectivity index (χ1v) is 8.66. The lowest BCUT2D eigenvalue weighted by atomic mass is 9.79. The fourth-order valence-corrected chi connectivity index (χ4v) is 3.08. The van der Waals surface area contributed by atoms with Crippen LogP contribution in [-0.4, -0.2) is 37.6 Å². The van der Waals surface area contributed by atoms with Crippen molar-refractivity contribution in [1.82, 2.24) is 0 Å². The Labute approximate surface area is 144 Å². The second kappa shape index (κ2) is 6.28. The highest BCUT2D eigenvalue weighted by Gasteiger charge is 2.51. The first-order chi connectivity index (χ1) is 10.8. The standard InChI is InChI=1S/C17H25BClNO3/c1-16(2)17(3,4)23-18(22-16)12-5-6-15(14(19)11-12)20-13-7-9-21-10-8-13/h5-6,11,13,20H,7-10H2,1-4H3. The van der Waals surface area contributed by atoms with Crippen LogP contribution in [0.25, 0.3) is 0 Å². The lowest BCUT2D eigenvalue weighted by Crippen LogP contribution is -2.41. The number of anilines is 1. The molecule has 0 spiro atoms. The third-order valence-electron chi connectivity index (χ3n) is 5.10. The number of nitrogens with one attached hydrogen (secondary N) is 1. The van der Waals surface area contributed by atoms with Gasteiger partial charge in [0, 0.05) is 19.3 Å². The van der Waals surface area contributed by atoms with E-state index in [0.29, 0.717) is 11.1 Å². The summed E-state index contributed by atoms with van der Waals surface area (Å²) in [6.45, 7) is 9.82. The molecule has 2 fully saturated rings. The SMILES string of the molecule is CC1(C)OB(c2ccc(NC3CCOCC3)c(Cl)c2)OC1(C)C. The Morgan fingerprint density at radius 2 is 1.70 bits per heavy atom. The van der Waals surface area contributed by atoms with Gasteiger partial charge in [0.05, 0.1) is 21.9 Å². The lowest BCUT2D eigenvalue weighted by Gasteiger charge is -2.32. The molecule has 0 aliphatic carbocycles. The van der Waals surface area contributed by atoms with Crippen molar-refractivity contribution in [3.8, 4) is 0 Å². The molecule has 1 aromatic carbocycles. The maximum atomic E-state index is 6.46. The Morgan fingerprint density at radius 3 is 2.26 bits per heavy atom. The van der Waals surface area contributed by atoms with E-state index in [-0.39, 0.29) is 18.3 Å². The Kier molecular flexibility index (Phi) is 4.67. The molecule has 2 heterocycles. The van der Waals surface area contributed by atoms with Gasteiger partial charge in [0.15, 0.2) is 0 Å². The first kappa shape index (κ1) is 17.1. The minimum Gasteiger partial charge on any atom is -0.399 e. The quantitative estimate of drug-likeness (QED) is 0.860. The highest BCUT2D eigenvalue weighted by molar-refractivity contribution is 6.62. The molecule has 4 nitrogen and oxygen atoms in total. The molecule has 1 aromatic rings. The van der Waals surface area contributed by atoms with Crippen molar-refractivity contribution >= 4 is 29.9 Å². The highest BCUT2D eigenvalue weighted by Crippen LogP contribution is 2.37. The van der Waals surface area contributed by atoms with Crippen molar-refractivity contribution in [2.45, 2.75) is 57.8 Å². The number of hydrogen-bond donors (Lipinski definition) is 1. The minimum atomic E-state index is -0.380. The predicted octanol–water partition coefficient (Wildman–Crippen LogP) is 3.23. The Bertz CT molecular complexity index is 557. The van der Waals surface area contributed by atoms with Crippen LogP contribution in [0.3, 0.4) is 0 Å². The van der Waals surface area contributed by atoms with Crippen molar-refractivity contribution in [2.24, 2.45) is 0 Å². The molecule has 1 N–H and O–H groups in total. The van der Waals surface area contributed by atoms with Gasteiger partial charge in [-0.3, -0.25) is 0 Å². The molecule has 0 saturated carbocycles. The van der Waals surface area contributed by atoms with E-state index in [4.69, 9.17) is 25.6 Å². The molecule has 0 radical (unpaired) electrons. The first-order valence-electron chi connectivity index (χ1n) is 8.28. The molecule has 23 heavy (non-hydrogen) atoms. The predicted molar refractivity (Wildman–Crippen MR) is 94.6 cm³/mol. The number of ether oxygens (including phenoxy) is 1. The van der Waals surface area contributed by atoms with E-state index in [9.17, 15) is 0 Å². The van der Waals surface area contributed by atoms with Crippen LogP contribution >= 0.6 is 11.6 Å². The largest absolute Gasteiger partial charge is 0.494 e. The lowest BCUT2D eigenvalue weighted by molar-refractivity contribution is 0.00578. The van der Waals surface area contributed by atoms with E-state index in [2.05, 4.69) is 33.0 Å². The van der Waals surface area contributed by atoms with Crippen LogP contribution in [-0.2, 0) is 14.0 Å². The van der Waals surface area contributed by atoms with Crippen LogP contribution in [0.5, 0.6) is 0 Å². The summed E-state index contributed by atoms with van der Waals surface area (Å²) in [7, 11) is -0.380. The topological polar surface area (TPSA) is 39.7 Å². The molecule has 3 rings (SSSR count). The van der Waals surface area contributed by atoms with Crippen molar-refractivity contribution in [3.05, 3.63) is 23.2 Å². The number of hydrogen-bond acceptors (Lipinski definition) is 4. The zero-order valence-electron chi connectivity index (χ0n) is 14.3. The zero-order valence-corrected chi connectivity index (χ0v) is 15.1. The zero-order chi connectivity index (χ0) is 16.7. The monoisotopic (exact) mass is 337 g/mol. The summed E-state index contributed by atoms with van der Waals surface area (Å²) in [5, 5.41) is 4.20. The minimum absolute atomic E-state index is 0.344. The molecule has 0 bridgehead atoms. The Morgan fingerprint density at radius 1 is 1.09 bits per heavy atom. The van der Waals surface area contributed by atoms with Crippen LogP contribution in [0.1, 0.15) is 40.5 Å². The summed E-state index contributed by atoms with van der Waals surface area (Å²) < 4.78 is 17.5.